The average Bonchev–Trinajstić information content (AvgIpc) is 2.48. The average molecular weight is 264 g/mol. The minimum atomic E-state index is 0.0752. The van der Waals surface area contributed by atoms with E-state index in [4.69, 9.17) is 4.98 Å². The maximum absolute atomic E-state index is 9.25. The highest BCUT2D eigenvalue weighted by atomic mass is 16.3. The number of fused-ring (bicyclic) bond motifs is 1. The van der Waals surface area contributed by atoms with Crippen LogP contribution in [0.3, 0.4) is 0 Å². The highest BCUT2D eigenvalue weighted by Gasteiger charge is 2.11. The van der Waals surface area contributed by atoms with Crippen LogP contribution in [0.1, 0.15) is 11.3 Å². The molecule has 3 rings (SSSR count). The van der Waals surface area contributed by atoms with Crippen LogP contribution in [0.2, 0.25) is 0 Å². The van der Waals surface area contributed by atoms with Gasteiger partial charge < -0.3 is 5.11 Å². The van der Waals surface area contributed by atoms with Crippen molar-refractivity contribution < 1.29 is 5.11 Å². The van der Waals surface area contributed by atoms with E-state index in [-0.39, 0.29) is 6.61 Å². The Labute approximate surface area is 117 Å². The second kappa shape index (κ2) is 5.39. The maximum Gasteiger partial charge on any atom is 0.0926 e. The van der Waals surface area contributed by atoms with Crippen LogP contribution in [0.15, 0.2) is 48.5 Å². The number of hydrogen-bond acceptors (Lipinski definition) is 3. The van der Waals surface area contributed by atoms with Gasteiger partial charge in [-0.15, -0.1) is 0 Å². The molecule has 0 aliphatic heterocycles. The van der Waals surface area contributed by atoms with Gasteiger partial charge in [-0.3, -0.25) is 0 Å². The van der Waals surface area contributed by atoms with E-state index in [0.717, 1.165) is 33.5 Å². The summed E-state index contributed by atoms with van der Waals surface area (Å²) in [5.74, 6) is 0. The summed E-state index contributed by atoms with van der Waals surface area (Å²) in [5.41, 5.74) is 5.66. The van der Waals surface area contributed by atoms with Crippen molar-refractivity contribution in [1.82, 2.24) is 9.97 Å². The van der Waals surface area contributed by atoms with Gasteiger partial charge in [0.1, 0.15) is 0 Å². The van der Waals surface area contributed by atoms with Gasteiger partial charge in [-0.1, -0.05) is 42.5 Å². The largest absolute Gasteiger partial charge is 0.396 e. The van der Waals surface area contributed by atoms with E-state index in [2.05, 4.69) is 4.98 Å². The van der Waals surface area contributed by atoms with Crippen molar-refractivity contribution in [3.05, 3.63) is 59.8 Å². The van der Waals surface area contributed by atoms with E-state index < -0.39 is 0 Å². The van der Waals surface area contributed by atoms with Crippen molar-refractivity contribution in [1.29, 1.82) is 0 Å². The SMILES string of the molecule is Cc1cccc2nc(CCO)c(-c3ccccc3)nc12. The molecular formula is C17H16N2O. The molecule has 0 saturated heterocycles. The lowest BCUT2D eigenvalue weighted by atomic mass is 10.1. The lowest BCUT2D eigenvalue weighted by Crippen LogP contribution is -2.02. The number of rotatable bonds is 3. The Kier molecular flexibility index (Phi) is 3.44. The summed E-state index contributed by atoms with van der Waals surface area (Å²) in [5, 5.41) is 9.25. The molecule has 1 aromatic heterocycles. The summed E-state index contributed by atoms with van der Waals surface area (Å²) >= 11 is 0. The Morgan fingerprint density at radius 2 is 1.75 bits per heavy atom. The zero-order chi connectivity index (χ0) is 13.9. The first-order chi connectivity index (χ1) is 9.79. The lowest BCUT2D eigenvalue weighted by Gasteiger charge is -2.10. The molecule has 0 amide bonds. The summed E-state index contributed by atoms with van der Waals surface area (Å²) in [4.78, 5) is 9.47. The van der Waals surface area contributed by atoms with Gasteiger partial charge >= 0.3 is 0 Å². The third-order valence-corrected chi connectivity index (χ3v) is 3.36. The van der Waals surface area contributed by atoms with Crippen molar-refractivity contribution >= 4 is 11.0 Å². The molecule has 0 bridgehead atoms. The molecule has 100 valence electrons. The zero-order valence-corrected chi connectivity index (χ0v) is 11.4. The molecule has 3 heteroatoms. The van der Waals surface area contributed by atoms with E-state index in [0.29, 0.717) is 6.42 Å². The van der Waals surface area contributed by atoms with E-state index in [9.17, 15) is 5.11 Å². The Hall–Kier alpha value is -2.26. The molecule has 0 atom stereocenters. The van der Waals surface area contributed by atoms with E-state index in [1.165, 1.54) is 0 Å². The molecule has 0 radical (unpaired) electrons. The topological polar surface area (TPSA) is 46.0 Å². The van der Waals surface area contributed by atoms with E-state index in [1.54, 1.807) is 0 Å². The van der Waals surface area contributed by atoms with Crippen molar-refractivity contribution in [2.75, 3.05) is 6.61 Å². The number of aromatic nitrogens is 2. The molecule has 0 spiro atoms. The number of benzene rings is 2. The molecule has 20 heavy (non-hydrogen) atoms. The van der Waals surface area contributed by atoms with Crippen molar-refractivity contribution in [2.24, 2.45) is 0 Å². The molecule has 0 saturated carbocycles. The van der Waals surface area contributed by atoms with Crippen LogP contribution >= 0.6 is 0 Å². The van der Waals surface area contributed by atoms with Gasteiger partial charge in [0, 0.05) is 18.6 Å². The molecule has 0 fully saturated rings. The van der Waals surface area contributed by atoms with Gasteiger partial charge in [-0.2, -0.15) is 0 Å². The number of aliphatic hydroxyl groups is 1. The fourth-order valence-corrected chi connectivity index (χ4v) is 2.36. The van der Waals surface area contributed by atoms with Crippen molar-refractivity contribution in [2.45, 2.75) is 13.3 Å². The summed E-state index contributed by atoms with van der Waals surface area (Å²) in [7, 11) is 0. The molecule has 2 aromatic carbocycles. The third kappa shape index (κ3) is 2.28. The Balaban J connectivity index is 2.28. The first kappa shape index (κ1) is 12.8. The fraction of sp³-hybridized carbons (Fsp3) is 0.176. The summed E-state index contributed by atoms with van der Waals surface area (Å²) in [6, 6.07) is 16.0. The standard InChI is InChI=1S/C17H16N2O/c1-12-6-5-9-14-16(12)19-17(15(18-14)10-11-20)13-7-3-2-4-8-13/h2-9,20H,10-11H2,1H3. The summed E-state index contributed by atoms with van der Waals surface area (Å²) in [6.07, 6.45) is 0.515. The first-order valence-electron chi connectivity index (χ1n) is 6.72. The van der Waals surface area contributed by atoms with Gasteiger partial charge in [0.25, 0.3) is 0 Å². The smallest absolute Gasteiger partial charge is 0.0926 e. The summed E-state index contributed by atoms with van der Waals surface area (Å²) in [6.45, 7) is 2.11. The van der Waals surface area contributed by atoms with Crippen molar-refractivity contribution in [3.8, 4) is 11.3 Å². The molecule has 0 aliphatic carbocycles. The second-order valence-electron chi connectivity index (χ2n) is 4.80. The first-order valence-corrected chi connectivity index (χ1v) is 6.72. The van der Waals surface area contributed by atoms with Gasteiger partial charge in [0.05, 0.1) is 22.4 Å². The van der Waals surface area contributed by atoms with Crippen LogP contribution in [-0.2, 0) is 6.42 Å². The fourth-order valence-electron chi connectivity index (χ4n) is 2.36. The molecule has 0 aliphatic rings. The maximum atomic E-state index is 9.25. The van der Waals surface area contributed by atoms with Crippen LogP contribution in [0.25, 0.3) is 22.3 Å². The molecule has 1 N–H and O–H groups in total. The quantitative estimate of drug-likeness (QED) is 0.790. The van der Waals surface area contributed by atoms with Gasteiger partial charge in [0.15, 0.2) is 0 Å². The predicted octanol–water partition coefficient (Wildman–Crippen LogP) is 3.14. The predicted molar refractivity (Wildman–Crippen MR) is 80.5 cm³/mol. The Morgan fingerprint density at radius 3 is 2.50 bits per heavy atom. The minimum absolute atomic E-state index is 0.0752. The second-order valence-corrected chi connectivity index (χ2v) is 4.80. The molecule has 0 unspecified atom stereocenters. The monoisotopic (exact) mass is 264 g/mol. The minimum Gasteiger partial charge on any atom is -0.396 e. The number of hydrogen-bond donors (Lipinski definition) is 1. The molecule has 1 heterocycles. The normalized spacial score (nSPS) is 10.9. The van der Waals surface area contributed by atoms with Gasteiger partial charge in [-0.05, 0) is 18.6 Å². The number of para-hydroxylation sites is 1. The van der Waals surface area contributed by atoms with Crippen LogP contribution in [0.5, 0.6) is 0 Å². The lowest BCUT2D eigenvalue weighted by molar-refractivity contribution is 0.298. The highest BCUT2D eigenvalue weighted by Crippen LogP contribution is 2.24. The molecular weight excluding hydrogens is 248 g/mol. The molecule has 3 aromatic rings. The van der Waals surface area contributed by atoms with E-state index in [1.807, 2.05) is 55.5 Å². The van der Waals surface area contributed by atoms with Gasteiger partial charge in [-0.25, -0.2) is 9.97 Å². The highest BCUT2D eigenvalue weighted by molar-refractivity contribution is 5.81. The van der Waals surface area contributed by atoms with Crippen LogP contribution < -0.4 is 0 Å². The van der Waals surface area contributed by atoms with Crippen molar-refractivity contribution in [3.63, 3.8) is 0 Å². The zero-order valence-electron chi connectivity index (χ0n) is 11.4. The number of nitrogens with zero attached hydrogens (tertiary/aromatic N) is 2. The van der Waals surface area contributed by atoms with Crippen LogP contribution in [-0.4, -0.2) is 21.7 Å². The number of aryl methyl sites for hydroxylation is 1. The van der Waals surface area contributed by atoms with Gasteiger partial charge in [0.2, 0.25) is 0 Å². The van der Waals surface area contributed by atoms with Crippen LogP contribution in [0.4, 0.5) is 0 Å². The Bertz CT molecular complexity index is 739. The van der Waals surface area contributed by atoms with E-state index >= 15 is 0 Å². The number of aliphatic hydroxyl groups excluding tert-OH is 1. The third-order valence-electron chi connectivity index (χ3n) is 3.36. The molecule has 3 nitrogen and oxygen atoms in total. The Morgan fingerprint density at radius 1 is 0.950 bits per heavy atom. The summed E-state index contributed by atoms with van der Waals surface area (Å²) < 4.78 is 0. The van der Waals surface area contributed by atoms with Crippen LogP contribution in [0, 0.1) is 6.92 Å².